The molecular formula is C18H14Cl2F2N2O4. The molecule has 2 aromatic rings. The highest BCUT2D eigenvalue weighted by Crippen LogP contribution is 2.32. The number of hydrogen-bond acceptors (Lipinski definition) is 6. The van der Waals surface area contributed by atoms with Gasteiger partial charge < -0.3 is 14.6 Å². The Hall–Kier alpha value is -2.71. The highest BCUT2D eigenvalue weighted by Gasteiger charge is 2.22. The molecular weight excluding hydrogens is 417 g/mol. The average Bonchev–Trinajstić information content (AvgIpc) is 2.63. The first kappa shape index (κ1) is 21.6. The Kier molecular flexibility index (Phi) is 7.71. The van der Waals surface area contributed by atoms with Crippen molar-refractivity contribution in [2.75, 3.05) is 6.61 Å². The zero-order valence-corrected chi connectivity index (χ0v) is 15.9. The molecule has 0 amide bonds. The van der Waals surface area contributed by atoms with Crippen LogP contribution in [-0.2, 0) is 9.53 Å². The second-order valence-electron chi connectivity index (χ2n) is 5.09. The van der Waals surface area contributed by atoms with E-state index in [4.69, 9.17) is 27.9 Å². The molecule has 0 atom stereocenters. The molecule has 0 fully saturated rings. The maximum atomic E-state index is 12.2. The molecule has 0 saturated carbocycles. The Balaban J connectivity index is 2.41. The third kappa shape index (κ3) is 5.64. The zero-order valence-electron chi connectivity index (χ0n) is 14.4. The van der Waals surface area contributed by atoms with E-state index >= 15 is 0 Å². The first-order chi connectivity index (χ1) is 13.3. The predicted octanol–water partition coefficient (Wildman–Crippen LogP) is 6.17. The Morgan fingerprint density at radius 1 is 1.14 bits per heavy atom. The van der Waals surface area contributed by atoms with Gasteiger partial charge in [-0.2, -0.15) is 13.9 Å². The lowest BCUT2D eigenvalue weighted by Gasteiger charge is -2.09. The highest BCUT2D eigenvalue weighted by molar-refractivity contribution is 6.37. The lowest BCUT2D eigenvalue weighted by Crippen LogP contribution is -2.08. The Morgan fingerprint density at radius 2 is 1.75 bits per heavy atom. The van der Waals surface area contributed by atoms with Gasteiger partial charge in [0.15, 0.2) is 5.76 Å². The lowest BCUT2D eigenvalue weighted by molar-refractivity contribution is -0.138. The van der Waals surface area contributed by atoms with Crippen LogP contribution in [-0.4, -0.2) is 24.3 Å². The van der Waals surface area contributed by atoms with Crippen molar-refractivity contribution in [3.8, 4) is 5.75 Å². The van der Waals surface area contributed by atoms with E-state index in [1.807, 2.05) is 0 Å². The van der Waals surface area contributed by atoms with Gasteiger partial charge in [-0.05, 0) is 43.3 Å². The van der Waals surface area contributed by atoms with Crippen LogP contribution in [0, 0.1) is 0 Å². The van der Waals surface area contributed by atoms with Crippen molar-refractivity contribution in [2.24, 2.45) is 10.2 Å². The van der Waals surface area contributed by atoms with Crippen molar-refractivity contribution in [3.05, 3.63) is 63.8 Å². The number of halogens is 4. The van der Waals surface area contributed by atoms with Crippen molar-refractivity contribution in [2.45, 2.75) is 13.5 Å². The van der Waals surface area contributed by atoms with Crippen molar-refractivity contribution < 1.29 is 28.2 Å². The van der Waals surface area contributed by atoms with Crippen molar-refractivity contribution in [1.82, 2.24) is 0 Å². The van der Waals surface area contributed by atoms with Crippen LogP contribution in [0.3, 0.4) is 0 Å². The number of esters is 1. The minimum Gasteiger partial charge on any atom is -0.505 e. The molecule has 0 spiro atoms. The lowest BCUT2D eigenvalue weighted by atomic mass is 10.1. The van der Waals surface area contributed by atoms with Gasteiger partial charge in [-0.3, -0.25) is 0 Å². The molecule has 2 rings (SSSR count). The normalized spacial score (nSPS) is 12.2. The number of carbonyl (C=O) groups excluding carboxylic acids is 1. The number of carbonyl (C=O) groups is 1. The molecule has 0 bridgehead atoms. The summed E-state index contributed by atoms with van der Waals surface area (Å²) in [5, 5.41) is 18.2. The monoisotopic (exact) mass is 430 g/mol. The first-order valence-corrected chi connectivity index (χ1v) is 8.60. The SMILES string of the molecule is CCOC(=O)C(N=Nc1ccc(OC(F)F)cc1)=C(O)c1c(Cl)cccc1Cl. The second-order valence-corrected chi connectivity index (χ2v) is 5.90. The van der Waals surface area contributed by atoms with E-state index < -0.39 is 24.0 Å². The summed E-state index contributed by atoms with van der Waals surface area (Å²) in [6, 6.07) is 9.68. The molecule has 0 heterocycles. The standard InChI is InChI=1S/C18H14Cl2F2N2O4/c1-2-27-17(26)15(16(25)14-12(19)4-3-5-13(14)20)24-23-10-6-8-11(9-7-10)28-18(21)22/h3-9,18,25H,2H2,1H3. The second kappa shape index (κ2) is 10.0. The smallest absolute Gasteiger partial charge is 0.387 e. The number of aliphatic hydroxyl groups is 1. The van der Waals surface area contributed by atoms with E-state index in [0.717, 1.165) is 0 Å². The van der Waals surface area contributed by atoms with Crippen LogP contribution < -0.4 is 4.74 Å². The Morgan fingerprint density at radius 3 is 2.29 bits per heavy atom. The van der Waals surface area contributed by atoms with Crippen LogP contribution in [0.15, 0.2) is 58.4 Å². The molecule has 1 N–H and O–H groups in total. The van der Waals surface area contributed by atoms with Gasteiger partial charge in [0.25, 0.3) is 0 Å². The van der Waals surface area contributed by atoms with Gasteiger partial charge in [-0.15, -0.1) is 5.11 Å². The van der Waals surface area contributed by atoms with E-state index in [2.05, 4.69) is 15.0 Å². The minimum absolute atomic E-state index is 0.00600. The van der Waals surface area contributed by atoms with Crippen LogP contribution in [0.4, 0.5) is 14.5 Å². The van der Waals surface area contributed by atoms with Crippen molar-refractivity contribution >= 4 is 40.6 Å². The van der Waals surface area contributed by atoms with Gasteiger partial charge in [0.2, 0.25) is 5.70 Å². The summed E-state index contributed by atoms with van der Waals surface area (Å²) in [5.41, 5.74) is -0.320. The fraction of sp³-hybridized carbons (Fsp3) is 0.167. The topological polar surface area (TPSA) is 80.5 Å². The van der Waals surface area contributed by atoms with E-state index in [-0.39, 0.29) is 33.7 Å². The molecule has 0 saturated heterocycles. The molecule has 28 heavy (non-hydrogen) atoms. The average molecular weight is 431 g/mol. The van der Waals surface area contributed by atoms with Crippen LogP contribution in [0.1, 0.15) is 12.5 Å². The number of alkyl halides is 2. The minimum atomic E-state index is -2.96. The summed E-state index contributed by atoms with van der Waals surface area (Å²) in [7, 11) is 0. The Labute approximate surface area is 169 Å². The summed E-state index contributed by atoms with van der Waals surface area (Å²) in [6.45, 7) is -1.35. The van der Waals surface area contributed by atoms with E-state index in [1.54, 1.807) is 13.0 Å². The Bertz CT molecular complexity index is 883. The quantitative estimate of drug-likeness (QED) is 0.246. The molecule has 148 valence electrons. The molecule has 0 aliphatic heterocycles. The number of aliphatic hydroxyl groups excluding tert-OH is 1. The van der Waals surface area contributed by atoms with Crippen LogP contribution in [0.25, 0.3) is 5.76 Å². The summed E-state index contributed by atoms with van der Waals surface area (Å²) in [4.78, 5) is 12.2. The van der Waals surface area contributed by atoms with Crippen LogP contribution in [0.5, 0.6) is 5.75 Å². The number of benzene rings is 2. The number of azo groups is 1. The fourth-order valence-corrected chi connectivity index (χ4v) is 2.61. The molecule has 0 unspecified atom stereocenters. The first-order valence-electron chi connectivity index (χ1n) is 7.84. The van der Waals surface area contributed by atoms with E-state index in [1.165, 1.54) is 36.4 Å². The number of nitrogens with zero attached hydrogens (tertiary/aromatic N) is 2. The molecule has 0 aliphatic rings. The third-order valence-corrected chi connectivity index (χ3v) is 3.85. The molecule has 0 aromatic heterocycles. The summed E-state index contributed by atoms with van der Waals surface area (Å²) < 4.78 is 33.5. The maximum absolute atomic E-state index is 12.2. The van der Waals surface area contributed by atoms with Crippen LogP contribution in [0.2, 0.25) is 10.0 Å². The number of rotatable bonds is 7. The summed E-state index contributed by atoms with van der Waals surface area (Å²) >= 11 is 12.1. The molecule has 2 aromatic carbocycles. The van der Waals surface area contributed by atoms with Gasteiger partial charge >= 0.3 is 12.6 Å². The van der Waals surface area contributed by atoms with E-state index in [0.29, 0.717) is 0 Å². The van der Waals surface area contributed by atoms with Gasteiger partial charge in [0, 0.05) is 0 Å². The molecule has 0 aliphatic carbocycles. The highest BCUT2D eigenvalue weighted by atomic mass is 35.5. The van der Waals surface area contributed by atoms with Crippen molar-refractivity contribution in [3.63, 3.8) is 0 Å². The number of hydrogen-bond donors (Lipinski definition) is 1. The molecule has 6 nitrogen and oxygen atoms in total. The van der Waals surface area contributed by atoms with E-state index in [9.17, 15) is 18.7 Å². The maximum Gasteiger partial charge on any atom is 0.387 e. The summed E-state index contributed by atoms with van der Waals surface area (Å²) in [6.07, 6.45) is 0. The predicted molar refractivity (Wildman–Crippen MR) is 100 cm³/mol. The number of ether oxygens (including phenoxy) is 2. The largest absolute Gasteiger partial charge is 0.505 e. The van der Waals surface area contributed by atoms with Gasteiger partial charge in [-0.25, -0.2) is 4.79 Å². The van der Waals surface area contributed by atoms with Gasteiger partial charge in [0.1, 0.15) is 5.75 Å². The fourth-order valence-electron chi connectivity index (χ4n) is 2.03. The third-order valence-electron chi connectivity index (χ3n) is 3.22. The zero-order chi connectivity index (χ0) is 20.7. The van der Waals surface area contributed by atoms with Gasteiger partial charge in [0.05, 0.1) is 27.9 Å². The van der Waals surface area contributed by atoms with Crippen molar-refractivity contribution in [1.29, 1.82) is 0 Å². The molecule has 0 radical (unpaired) electrons. The van der Waals surface area contributed by atoms with Gasteiger partial charge in [-0.1, -0.05) is 29.3 Å². The summed E-state index contributed by atoms with van der Waals surface area (Å²) in [5.74, 6) is -1.63. The molecule has 10 heteroatoms. The van der Waals surface area contributed by atoms with Crippen LogP contribution >= 0.6 is 23.2 Å².